The van der Waals surface area contributed by atoms with Crippen LogP contribution in [-0.2, 0) is 9.53 Å². The van der Waals surface area contributed by atoms with Gasteiger partial charge in [0.25, 0.3) is 0 Å². The highest BCUT2D eigenvalue weighted by molar-refractivity contribution is 7.18. The number of amides is 1. The number of aryl methyl sites for hydroxylation is 2. The molecule has 0 radical (unpaired) electrons. The van der Waals surface area contributed by atoms with Gasteiger partial charge < -0.3 is 10.1 Å². The predicted molar refractivity (Wildman–Crippen MR) is 107 cm³/mol. The van der Waals surface area contributed by atoms with Crippen LogP contribution in [0.3, 0.4) is 0 Å². The number of carbonyl (C=O) groups excluding carboxylic acids is 1. The third-order valence-corrected chi connectivity index (χ3v) is 5.46. The second kappa shape index (κ2) is 8.90. The summed E-state index contributed by atoms with van der Waals surface area (Å²) in [5.74, 6) is -0.0287. The van der Waals surface area contributed by atoms with Crippen molar-refractivity contribution in [1.82, 2.24) is 15.5 Å². The van der Waals surface area contributed by atoms with Gasteiger partial charge in [0.2, 0.25) is 11.0 Å². The van der Waals surface area contributed by atoms with E-state index in [-0.39, 0.29) is 18.3 Å². The lowest BCUT2D eigenvalue weighted by molar-refractivity contribution is -0.130. The molecule has 3 rings (SSSR count). The highest BCUT2D eigenvalue weighted by atomic mass is 35.5. The molecule has 1 amide bonds. The van der Waals surface area contributed by atoms with Crippen molar-refractivity contribution in [2.45, 2.75) is 26.7 Å². The molecule has 142 valence electrons. The molecule has 6 nitrogen and oxygen atoms in total. The molecule has 1 fully saturated rings. The number of anilines is 1. The molecule has 2 aromatic rings. The van der Waals surface area contributed by atoms with Gasteiger partial charge in [-0.3, -0.25) is 10.1 Å². The number of benzene rings is 1. The summed E-state index contributed by atoms with van der Waals surface area (Å²) in [6, 6.07) is 6.29. The Kier molecular flexibility index (Phi) is 7.11. The van der Waals surface area contributed by atoms with E-state index in [0.29, 0.717) is 11.7 Å². The van der Waals surface area contributed by atoms with Crippen LogP contribution in [0.2, 0.25) is 0 Å². The third-order valence-electron chi connectivity index (χ3n) is 4.58. The zero-order chi connectivity index (χ0) is 17.9. The van der Waals surface area contributed by atoms with Crippen LogP contribution in [0.15, 0.2) is 18.2 Å². The van der Waals surface area contributed by atoms with Gasteiger partial charge in [0.15, 0.2) is 0 Å². The molecule has 0 saturated carbocycles. The first-order valence-corrected chi connectivity index (χ1v) is 9.27. The first kappa shape index (κ1) is 20.8. The van der Waals surface area contributed by atoms with Crippen LogP contribution < -0.4 is 10.6 Å². The molecule has 0 aliphatic carbocycles. The molecule has 1 aliphatic rings. The van der Waals surface area contributed by atoms with Gasteiger partial charge in [0.05, 0.1) is 12.0 Å². The fraction of sp³-hybridized carbons (Fsp3) is 0.500. The van der Waals surface area contributed by atoms with E-state index in [1.54, 1.807) is 7.11 Å². The Morgan fingerprint density at radius 1 is 1.23 bits per heavy atom. The summed E-state index contributed by atoms with van der Waals surface area (Å²) in [7, 11) is 1.64. The van der Waals surface area contributed by atoms with Crippen molar-refractivity contribution in [2.75, 3.05) is 32.1 Å². The second-order valence-corrected chi connectivity index (χ2v) is 7.68. The van der Waals surface area contributed by atoms with Crippen molar-refractivity contribution in [1.29, 1.82) is 0 Å². The van der Waals surface area contributed by atoms with Gasteiger partial charge in [0, 0.05) is 12.7 Å². The molecule has 2 heterocycles. The number of nitrogens with zero attached hydrogens (tertiary/aromatic N) is 2. The summed E-state index contributed by atoms with van der Waals surface area (Å²) in [6.07, 6.45) is 1.52. The van der Waals surface area contributed by atoms with Crippen molar-refractivity contribution >= 4 is 34.8 Å². The summed E-state index contributed by atoms with van der Waals surface area (Å²) in [5, 5.41) is 16.0. The zero-order valence-electron chi connectivity index (χ0n) is 15.3. The Morgan fingerprint density at radius 2 is 1.88 bits per heavy atom. The number of methoxy groups -OCH3 is 1. The summed E-state index contributed by atoms with van der Waals surface area (Å²) < 4.78 is 5.32. The summed E-state index contributed by atoms with van der Waals surface area (Å²) in [4.78, 5) is 12.9. The van der Waals surface area contributed by atoms with Crippen molar-refractivity contribution in [3.63, 3.8) is 0 Å². The maximum Gasteiger partial charge on any atom is 0.234 e. The molecular formula is C18H25ClN4O2S. The van der Waals surface area contributed by atoms with Crippen LogP contribution in [-0.4, -0.2) is 42.9 Å². The molecule has 1 aromatic carbocycles. The maximum atomic E-state index is 12.9. The fourth-order valence-electron chi connectivity index (χ4n) is 3.34. The Labute approximate surface area is 164 Å². The number of nitrogens with one attached hydrogen (secondary N) is 2. The van der Waals surface area contributed by atoms with Gasteiger partial charge >= 0.3 is 0 Å². The van der Waals surface area contributed by atoms with Crippen LogP contribution in [0.5, 0.6) is 0 Å². The average Bonchev–Trinajstić information content (AvgIpc) is 3.03. The number of rotatable bonds is 5. The Bertz CT molecular complexity index is 734. The lowest BCUT2D eigenvalue weighted by Crippen LogP contribution is -2.47. The molecule has 0 bridgehead atoms. The first-order chi connectivity index (χ1) is 12.0. The van der Waals surface area contributed by atoms with Crippen LogP contribution in [0, 0.1) is 19.3 Å². The quantitative estimate of drug-likeness (QED) is 0.811. The van der Waals surface area contributed by atoms with Crippen LogP contribution in [0.4, 0.5) is 5.13 Å². The van der Waals surface area contributed by atoms with Gasteiger partial charge in [-0.05, 0) is 51.9 Å². The lowest BCUT2D eigenvalue weighted by Gasteiger charge is -2.35. The second-order valence-electron chi connectivity index (χ2n) is 6.71. The standard InChI is InChI=1S/C18H24N4O2S.ClH/c1-12-8-13(2)10-14(9-12)15-21-22-17(25-15)20-16(23)18(11-24-3)4-6-19-7-5-18;/h8-10,19H,4-7,11H2,1-3H3,(H,20,22,23);1H. The van der Waals surface area contributed by atoms with Crippen LogP contribution in [0.25, 0.3) is 10.6 Å². The minimum Gasteiger partial charge on any atom is -0.384 e. The van der Waals surface area contributed by atoms with Gasteiger partial charge in [-0.2, -0.15) is 0 Å². The van der Waals surface area contributed by atoms with E-state index in [9.17, 15) is 4.79 Å². The van der Waals surface area contributed by atoms with E-state index in [0.717, 1.165) is 36.5 Å². The Hall–Kier alpha value is -1.54. The lowest BCUT2D eigenvalue weighted by atomic mass is 9.79. The zero-order valence-corrected chi connectivity index (χ0v) is 16.9. The smallest absolute Gasteiger partial charge is 0.234 e. The van der Waals surface area contributed by atoms with Crippen molar-refractivity contribution in [3.05, 3.63) is 29.3 Å². The maximum absolute atomic E-state index is 12.9. The number of aromatic nitrogens is 2. The van der Waals surface area contributed by atoms with Gasteiger partial charge in [0.1, 0.15) is 5.01 Å². The summed E-state index contributed by atoms with van der Waals surface area (Å²) in [5.41, 5.74) is 2.91. The van der Waals surface area contributed by atoms with Gasteiger partial charge in [-0.25, -0.2) is 0 Å². The minimum atomic E-state index is -0.494. The molecule has 0 atom stereocenters. The highest BCUT2D eigenvalue weighted by Gasteiger charge is 2.40. The number of ether oxygens (including phenoxy) is 1. The number of carbonyl (C=O) groups is 1. The molecule has 1 aromatic heterocycles. The topological polar surface area (TPSA) is 76.1 Å². The van der Waals surface area contributed by atoms with E-state index in [1.807, 2.05) is 0 Å². The molecule has 2 N–H and O–H groups in total. The van der Waals surface area contributed by atoms with Gasteiger partial charge in [-0.15, -0.1) is 22.6 Å². The number of hydrogen-bond donors (Lipinski definition) is 2. The average molecular weight is 397 g/mol. The summed E-state index contributed by atoms with van der Waals surface area (Å²) in [6.45, 7) is 6.18. The first-order valence-electron chi connectivity index (χ1n) is 8.46. The van der Waals surface area contributed by atoms with E-state index >= 15 is 0 Å². The van der Waals surface area contributed by atoms with Crippen molar-refractivity contribution in [2.24, 2.45) is 5.41 Å². The van der Waals surface area contributed by atoms with Crippen molar-refractivity contribution < 1.29 is 9.53 Å². The van der Waals surface area contributed by atoms with Crippen molar-refractivity contribution in [3.8, 4) is 10.6 Å². The Morgan fingerprint density at radius 3 is 2.50 bits per heavy atom. The van der Waals surface area contributed by atoms with Crippen LogP contribution >= 0.6 is 23.7 Å². The third kappa shape index (κ3) is 4.59. The van der Waals surface area contributed by atoms with E-state index < -0.39 is 5.41 Å². The normalized spacial score (nSPS) is 16.0. The molecular weight excluding hydrogens is 372 g/mol. The predicted octanol–water partition coefficient (Wildman–Crippen LogP) is 3.20. The minimum absolute atomic E-state index is 0. The van der Waals surface area contributed by atoms with Crippen LogP contribution in [0.1, 0.15) is 24.0 Å². The van der Waals surface area contributed by atoms with E-state index in [2.05, 4.69) is 52.9 Å². The monoisotopic (exact) mass is 396 g/mol. The summed E-state index contributed by atoms with van der Waals surface area (Å²) >= 11 is 1.40. The molecule has 0 spiro atoms. The van der Waals surface area contributed by atoms with E-state index in [1.165, 1.54) is 22.5 Å². The molecule has 8 heteroatoms. The highest BCUT2D eigenvalue weighted by Crippen LogP contribution is 2.33. The molecule has 0 unspecified atom stereocenters. The molecule has 26 heavy (non-hydrogen) atoms. The SMILES string of the molecule is COCC1(C(=O)Nc2nnc(-c3cc(C)cc(C)c3)s2)CCNCC1.Cl. The largest absolute Gasteiger partial charge is 0.384 e. The number of piperidine rings is 1. The fourth-order valence-corrected chi connectivity index (χ4v) is 4.06. The Balaban J connectivity index is 0.00000243. The molecule has 1 aliphatic heterocycles. The van der Waals surface area contributed by atoms with E-state index in [4.69, 9.17) is 4.74 Å². The number of halogens is 1. The van der Waals surface area contributed by atoms with Gasteiger partial charge in [-0.1, -0.05) is 28.5 Å². The molecule has 1 saturated heterocycles. The number of hydrogen-bond acceptors (Lipinski definition) is 6.